The Morgan fingerprint density at radius 3 is 1.93 bits per heavy atom. The van der Waals surface area contributed by atoms with E-state index >= 15 is 0 Å². The number of carbonyl (C=O) groups excluding carboxylic acids is 2. The lowest BCUT2D eigenvalue weighted by Crippen LogP contribution is -2.35. The molecular weight excluding hydrogens is 512 g/mol. The lowest BCUT2D eigenvalue weighted by Gasteiger charge is -2.46. The summed E-state index contributed by atoms with van der Waals surface area (Å²) in [6, 6.07) is 0. The van der Waals surface area contributed by atoms with Gasteiger partial charge in [0.1, 0.15) is 0 Å². The zero-order chi connectivity index (χ0) is 29.6. The molecule has 2 unspecified atom stereocenters. The van der Waals surface area contributed by atoms with Crippen LogP contribution in [0.2, 0.25) is 0 Å². The summed E-state index contributed by atoms with van der Waals surface area (Å²) >= 11 is 0. The zero-order valence-electron chi connectivity index (χ0n) is 27.0. The Labute approximate surface area is 249 Å². The summed E-state index contributed by atoms with van der Waals surface area (Å²) in [5.41, 5.74) is 4.88. The van der Waals surface area contributed by atoms with Crippen molar-refractivity contribution >= 4 is 11.9 Å². The molecule has 6 rings (SSSR count). The second-order valence-corrected chi connectivity index (χ2v) is 16.5. The Morgan fingerprint density at radius 1 is 0.805 bits per heavy atom. The van der Waals surface area contributed by atoms with Crippen molar-refractivity contribution in [3.8, 4) is 0 Å². The Morgan fingerprint density at radius 2 is 1.37 bits per heavy atom. The average Bonchev–Trinajstić information content (AvgIpc) is 3.45. The van der Waals surface area contributed by atoms with E-state index in [1.807, 2.05) is 0 Å². The summed E-state index contributed by atoms with van der Waals surface area (Å²) in [6.07, 6.45) is 19.5. The molecule has 2 saturated heterocycles. The summed E-state index contributed by atoms with van der Waals surface area (Å²) in [5, 5.41) is 0. The molecule has 4 fully saturated rings. The third kappa shape index (κ3) is 6.81. The lowest BCUT2D eigenvalue weighted by molar-refractivity contribution is -0.173. The molecule has 0 aromatic carbocycles. The number of allylic oxidation sites excluding steroid dienone is 2. The minimum absolute atomic E-state index is 0.0365. The maximum absolute atomic E-state index is 11.6. The Bertz CT molecular complexity index is 1070. The fourth-order valence-corrected chi connectivity index (χ4v) is 9.79. The fraction of sp³-hybridized carbons (Fsp3) is 0.833. The molecular formula is C36H56O5. The van der Waals surface area contributed by atoms with Crippen molar-refractivity contribution in [1.29, 1.82) is 0 Å². The lowest BCUT2D eigenvalue weighted by atomic mass is 9.59. The van der Waals surface area contributed by atoms with Crippen LogP contribution in [0.3, 0.4) is 0 Å². The molecule has 2 saturated carbocycles. The number of cyclic esters (lactones) is 1. The Hall–Kier alpha value is -1.62. The van der Waals surface area contributed by atoms with E-state index in [0.717, 1.165) is 25.7 Å². The minimum Gasteiger partial charge on any atom is -0.465 e. The van der Waals surface area contributed by atoms with E-state index in [4.69, 9.17) is 14.2 Å². The van der Waals surface area contributed by atoms with Crippen molar-refractivity contribution in [1.82, 2.24) is 0 Å². The van der Waals surface area contributed by atoms with Gasteiger partial charge in [0, 0.05) is 24.7 Å². The van der Waals surface area contributed by atoms with Gasteiger partial charge in [-0.15, -0.1) is 0 Å². The Balaban J connectivity index is 0.000000166. The number of rotatable bonds is 3. The van der Waals surface area contributed by atoms with Crippen LogP contribution < -0.4 is 0 Å². The summed E-state index contributed by atoms with van der Waals surface area (Å²) in [5.74, 6) is 1.10. The molecule has 0 spiro atoms. The maximum atomic E-state index is 11.6. The topological polar surface area (TPSA) is 61.8 Å². The first-order chi connectivity index (χ1) is 19.2. The highest BCUT2D eigenvalue weighted by Crippen LogP contribution is 2.54. The van der Waals surface area contributed by atoms with E-state index in [1.54, 1.807) is 11.1 Å². The first kappa shape index (κ1) is 30.8. The second kappa shape index (κ2) is 11.5. The van der Waals surface area contributed by atoms with Crippen LogP contribution in [0.4, 0.5) is 0 Å². The van der Waals surface area contributed by atoms with Gasteiger partial charge < -0.3 is 14.2 Å². The number of carbonyl (C=O) groups is 2. The standard InChI is InChI=1S/C19H30O3.C17H26O2/c1-13(20)22-17-16-7-6-15(10-14(16)11-21-17)19(4)9-5-8-18(2,3)12-19;1-16(2)7-4-8-17(3,11-16)13-5-6-14-12(9-13)10-19-15(14)18/h10,14,16-17H,5-9,11-12H2,1-4H3;9,12,14H,4-8,10-11H2,1-3H3/t14-,16-,17+,19?;12-,14-,17?/m00/s1. The molecule has 0 bridgehead atoms. The van der Waals surface area contributed by atoms with Crippen molar-refractivity contribution in [2.24, 2.45) is 45.3 Å². The van der Waals surface area contributed by atoms with Crippen molar-refractivity contribution in [2.75, 3.05) is 13.2 Å². The van der Waals surface area contributed by atoms with Gasteiger partial charge in [-0.2, -0.15) is 0 Å². The quantitative estimate of drug-likeness (QED) is 0.252. The molecule has 2 aliphatic heterocycles. The highest BCUT2D eigenvalue weighted by Gasteiger charge is 2.46. The van der Waals surface area contributed by atoms with Gasteiger partial charge in [0.25, 0.3) is 0 Å². The molecule has 4 aliphatic carbocycles. The van der Waals surface area contributed by atoms with Crippen LogP contribution in [0.1, 0.15) is 126 Å². The predicted octanol–water partition coefficient (Wildman–Crippen LogP) is 8.57. The van der Waals surface area contributed by atoms with E-state index in [9.17, 15) is 9.59 Å². The number of esters is 2. The van der Waals surface area contributed by atoms with E-state index in [0.29, 0.717) is 52.6 Å². The molecule has 5 heteroatoms. The van der Waals surface area contributed by atoms with Gasteiger partial charge in [0.15, 0.2) is 0 Å². The first-order valence-electron chi connectivity index (χ1n) is 16.6. The largest absolute Gasteiger partial charge is 0.465 e. The van der Waals surface area contributed by atoms with Crippen LogP contribution in [0.25, 0.3) is 0 Å². The van der Waals surface area contributed by atoms with E-state index in [-0.39, 0.29) is 24.1 Å². The molecule has 0 amide bonds. The minimum atomic E-state index is -0.323. The van der Waals surface area contributed by atoms with Crippen LogP contribution in [-0.4, -0.2) is 31.4 Å². The molecule has 230 valence electrons. The molecule has 6 aliphatic rings. The number of hydrogen-bond donors (Lipinski definition) is 0. The van der Waals surface area contributed by atoms with Crippen LogP contribution in [0.15, 0.2) is 23.3 Å². The SMILES string of the molecule is CC(=O)O[C@H]1OC[C@@H]2C=C(C3(C)CCCC(C)(C)C3)CC[C@H]12.CC1(C)CCCC(C)(C2=C[C@H]3COC(=O)[C@H]3CC2)C1. The van der Waals surface area contributed by atoms with Gasteiger partial charge in [-0.3, -0.25) is 9.59 Å². The van der Waals surface area contributed by atoms with Gasteiger partial charge in [-0.05, 0) is 85.9 Å². The summed E-state index contributed by atoms with van der Waals surface area (Å²) in [6.45, 7) is 17.3. The number of hydrogen-bond acceptors (Lipinski definition) is 5. The molecule has 0 aromatic heterocycles. The normalized spacial score (nSPS) is 41.0. The zero-order valence-corrected chi connectivity index (χ0v) is 27.0. The molecule has 0 radical (unpaired) electrons. The fourth-order valence-electron chi connectivity index (χ4n) is 9.79. The highest BCUT2D eigenvalue weighted by molar-refractivity contribution is 5.75. The summed E-state index contributed by atoms with van der Waals surface area (Å²) in [4.78, 5) is 22.8. The van der Waals surface area contributed by atoms with Gasteiger partial charge >= 0.3 is 11.9 Å². The monoisotopic (exact) mass is 568 g/mol. The molecule has 5 nitrogen and oxygen atoms in total. The number of ether oxygens (including phenoxy) is 3. The second-order valence-electron chi connectivity index (χ2n) is 16.5. The van der Waals surface area contributed by atoms with Gasteiger partial charge in [0.05, 0.1) is 19.1 Å². The number of fused-ring (bicyclic) bond motifs is 2. The van der Waals surface area contributed by atoms with Crippen LogP contribution >= 0.6 is 0 Å². The van der Waals surface area contributed by atoms with Gasteiger partial charge in [-0.1, -0.05) is 77.7 Å². The van der Waals surface area contributed by atoms with Gasteiger partial charge in [-0.25, -0.2) is 0 Å². The van der Waals surface area contributed by atoms with Gasteiger partial charge in [0.2, 0.25) is 6.29 Å². The van der Waals surface area contributed by atoms with E-state index in [1.165, 1.54) is 58.3 Å². The third-order valence-electron chi connectivity index (χ3n) is 11.6. The van der Waals surface area contributed by atoms with Crippen molar-refractivity contribution in [2.45, 2.75) is 132 Å². The molecule has 0 N–H and O–H groups in total. The van der Waals surface area contributed by atoms with Crippen LogP contribution in [0, 0.1) is 45.3 Å². The van der Waals surface area contributed by atoms with E-state index in [2.05, 4.69) is 53.7 Å². The summed E-state index contributed by atoms with van der Waals surface area (Å²) < 4.78 is 16.3. The maximum Gasteiger partial charge on any atom is 0.309 e. The van der Waals surface area contributed by atoms with E-state index < -0.39 is 0 Å². The predicted molar refractivity (Wildman–Crippen MR) is 162 cm³/mol. The first-order valence-corrected chi connectivity index (χ1v) is 16.6. The van der Waals surface area contributed by atoms with Crippen LogP contribution in [-0.2, 0) is 23.8 Å². The Kier molecular flexibility index (Phi) is 8.62. The smallest absolute Gasteiger partial charge is 0.309 e. The van der Waals surface area contributed by atoms with Crippen LogP contribution in [0.5, 0.6) is 0 Å². The third-order valence-corrected chi connectivity index (χ3v) is 11.6. The highest BCUT2D eigenvalue weighted by atomic mass is 16.7. The molecule has 7 atom stereocenters. The molecule has 2 heterocycles. The van der Waals surface area contributed by atoms with Crippen molar-refractivity contribution in [3.05, 3.63) is 23.3 Å². The molecule has 41 heavy (non-hydrogen) atoms. The molecule has 0 aromatic rings. The summed E-state index contributed by atoms with van der Waals surface area (Å²) in [7, 11) is 0. The average molecular weight is 569 g/mol. The van der Waals surface area contributed by atoms with Crippen molar-refractivity contribution < 1.29 is 23.8 Å². The van der Waals surface area contributed by atoms with Crippen molar-refractivity contribution in [3.63, 3.8) is 0 Å².